The third kappa shape index (κ3) is 5.73. The predicted molar refractivity (Wildman–Crippen MR) is 121 cm³/mol. The lowest BCUT2D eigenvalue weighted by molar-refractivity contribution is -0.113. The predicted octanol–water partition coefficient (Wildman–Crippen LogP) is 4.70. The van der Waals surface area contributed by atoms with Gasteiger partial charge >= 0.3 is 0 Å². The molecule has 1 N–H and O–H groups in total. The number of ether oxygens (including phenoxy) is 1. The van der Waals surface area contributed by atoms with Gasteiger partial charge in [-0.3, -0.25) is 9.36 Å². The van der Waals surface area contributed by atoms with Gasteiger partial charge in [-0.05, 0) is 50.1 Å². The molecule has 0 saturated heterocycles. The van der Waals surface area contributed by atoms with Crippen LogP contribution < -0.4 is 10.1 Å². The third-order valence-electron chi connectivity index (χ3n) is 4.43. The summed E-state index contributed by atoms with van der Waals surface area (Å²) in [6, 6.07) is 13.8. The molecule has 30 heavy (non-hydrogen) atoms. The summed E-state index contributed by atoms with van der Waals surface area (Å²) in [5.41, 5.74) is 4.15. The van der Waals surface area contributed by atoms with Gasteiger partial charge in [-0.25, -0.2) is 0 Å². The molecule has 1 amide bonds. The fraction of sp³-hybridized carbons (Fsp3) is 0.261. The zero-order valence-electron chi connectivity index (χ0n) is 17.5. The summed E-state index contributed by atoms with van der Waals surface area (Å²) in [5.74, 6) is 1.66. The Morgan fingerprint density at radius 2 is 1.97 bits per heavy atom. The molecule has 0 radical (unpaired) electrons. The number of nitrogens with zero attached hydrogens (tertiary/aromatic N) is 3. The normalized spacial score (nSPS) is 10.6. The van der Waals surface area contributed by atoms with Gasteiger partial charge in [0.05, 0.1) is 5.75 Å². The molecular weight excluding hydrogens is 396 g/mol. The van der Waals surface area contributed by atoms with Crippen LogP contribution in [0.15, 0.2) is 60.3 Å². The van der Waals surface area contributed by atoms with E-state index < -0.39 is 0 Å². The summed E-state index contributed by atoms with van der Waals surface area (Å²) in [7, 11) is 0. The number of rotatable bonds is 9. The van der Waals surface area contributed by atoms with E-state index >= 15 is 0 Å². The minimum atomic E-state index is -0.0909. The van der Waals surface area contributed by atoms with E-state index in [1.54, 1.807) is 6.08 Å². The highest BCUT2D eigenvalue weighted by Gasteiger charge is 2.14. The maximum absolute atomic E-state index is 12.3. The van der Waals surface area contributed by atoms with E-state index in [4.69, 9.17) is 4.74 Å². The molecule has 6 nitrogen and oxygen atoms in total. The Balaban J connectivity index is 1.63. The van der Waals surface area contributed by atoms with Crippen molar-refractivity contribution in [3.8, 4) is 5.75 Å². The van der Waals surface area contributed by atoms with Crippen molar-refractivity contribution in [1.82, 2.24) is 14.8 Å². The summed E-state index contributed by atoms with van der Waals surface area (Å²) >= 11 is 1.34. The van der Waals surface area contributed by atoms with Gasteiger partial charge in [0, 0.05) is 12.2 Å². The van der Waals surface area contributed by atoms with Gasteiger partial charge in [-0.2, -0.15) is 0 Å². The highest BCUT2D eigenvalue weighted by atomic mass is 32.2. The topological polar surface area (TPSA) is 69.0 Å². The average molecular weight is 423 g/mol. The summed E-state index contributed by atoms with van der Waals surface area (Å²) in [6.07, 6.45) is 1.78. The van der Waals surface area contributed by atoms with E-state index in [0.29, 0.717) is 24.1 Å². The lowest BCUT2D eigenvalue weighted by Crippen LogP contribution is -2.15. The van der Waals surface area contributed by atoms with E-state index in [1.165, 1.54) is 17.3 Å². The van der Waals surface area contributed by atoms with E-state index in [1.807, 2.05) is 54.8 Å². The molecule has 2 aromatic carbocycles. The van der Waals surface area contributed by atoms with E-state index in [0.717, 1.165) is 22.6 Å². The fourth-order valence-corrected chi connectivity index (χ4v) is 3.77. The molecule has 3 aromatic rings. The van der Waals surface area contributed by atoms with Crippen LogP contribution in [-0.4, -0.2) is 26.4 Å². The highest BCUT2D eigenvalue weighted by molar-refractivity contribution is 7.99. The van der Waals surface area contributed by atoms with Gasteiger partial charge in [-0.1, -0.05) is 47.7 Å². The SMILES string of the molecule is C=CCn1c(COc2ccc(C)cc2C)nnc1SCC(=O)Nc1cccc(C)c1. The van der Waals surface area contributed by atoms with Crippen LogP contribution >= 0.6 is 11.8 Å². The molecule has 0 saturated carbocycles. The Kier molecular flexibility index (Phi) is 7.30. The zero-order chi connectivity index (χ0) is 21.5. The Morgan fingerprint density at radius 1 is 1.17 bits per heavy atom. The first-order valence-corrected chi connectivity index (χ1v) is 10.7. The lowest BCUT2D eigenvalue weighted by atomic mass is 10.1. The maximum Gasteiger partial charge on any atom is 0.234 e. The number of amides is 1. The number of hydrogen-bond donors (Lipinski definition) is 1. The molecule has 0 spiro atoms. The van der Waals surface area contributed by atoms with Crippen molar-refractivity contribution in [3.63, 3.8) is 0 Å². The van der Waals surface area contributed by atoms with Crippen LogP contribution in [0.25, 0.3) is 0 Å². The number of thioether (sulfide) groups is 1. The summed E-state index contributed by atoms with van der Waals surface area (Å²) < 4.78 is 7.87. The molecule has 156 valence electrons. The van der Waals surface area contributed by atoms with Crippen LogP contribution in [0.5, 0.6) is 5.75 Å². The number of carbonyl (C=O) groups excluding carboxylic acids is 1. The summed E-state index contributed by atoms with van der Waals surface area (Å²) in [5, 5.41) is 12.1. The number of benzene rings is 2. The standard InChI is InChI=1S/C23H26N4O2S/c1-5-11-27-21(14-29-20-10-9-17(3)12-18(20)4)25-26-23(27)30-15-22(28)24-19-8-6-7-16(2)13-19/h5-10,12-13H,1,11,14-15H2,2-4H3,(H,24,28). The number of aromatic nitrogens is 3. The lowest BCUT2D eigenvalue weighted by Gasteiger charge is -2.11. The minimum Gasteiger partial charge on any atom is -0.485 e. The number of carbonyl (C=O) groups is 1. The molecular formula is C23H26N4O2S. The highest BCUT2D eigenvalue weighted by Crippen LogP contribution is 2.22. The van der Waals surface area contributed by atoms with Gasteiger partial charge in [0.2, 0.25) is 5.91 Å². The number of aryl methyl sites for hydroxylation is 3. The van der Waals surface area contributed by atoms with E-state index in [9.17, 15) is 4.79 Å². The Labute approximate surface area is 181 Å². The zero-order valence-corrected chi connectivity index (χ0v) is 18.3. The second-order valence-corrected chi connectivity index (χ2v) is 8.00. The molecule has 0 aliphatic carbocycles. The van der Waals surface area contributed by atoms with Crippen molar-refractivity contribution in [1.29, 1.82) is 0 Å². The second-order valence-electron chi connectivity index (χ2n) is 7.06. The van der Waals surface area contributed by atoms with E-state index in [-0.39, 0.29) is 11.7 Å². The van der Waals surface area contributed by atoms with Crippen molar-refractivity contribution in [2.75, 3.05) is 11.1 Å². The van der Waals surface area contributed by atoms with Crippen molar-refractivity contribution in [2.24, 2.45) is 0 Å². The summed E-state index contributed by atoms with van der Waals surface area (Å²) in [6.45, 7) is 10.7. The van der Waals surface area contributed by atoms with Crippen LogP contribution in [0.2, 0.25) is 0 Å². The quantitative estimate of drug-likeness (QED) is 0.400. The number of nitrogens with one attached hydrogen (secondary N) is 1. The maximum atomic E-state index is 12.3. The molecule has 7 heteroatoms. The van der Waals surface area contributed by atoms with Crippen molar-refractivity contribution in [3.05, 3.63) is 77.6 Å². The largest absolute Gasteiger partial charge is 0.485 e. The van der Waals surface area contributed by atoms with Gasteiger partial charge < -0.3 is 10.1 Å². The number of allylic oxidation sites excluding steroid dienone is 1. The fourth-order valence-electron chi connectivity index (χ4n) is 3.00. The van der Waals surface area contributed by atoms with Crippen molar-refractivity contribution in [2.45, 2.75) is 39.1 Å². The first kappa shape index (κ1) is 21.6. The van der Waals surface area contributed by atoms with Crippen molar-refractivity contribution < 1.29 is 9.53 Å². The van der Waals surface area contributed by atoms with E-state index in [2.05, 4.69) is 35.1 Å². The molecule has 0 aliphatic heterocycles. The Morgan fingerprint density at radius 3 is 2.70 bits per heavy atom. The Hall–Kier alpha value is -3.06. The molecule has 0 unspecified atom stereocenters. The molecule has 0 bridgehead atoms. The van der Waals surface area contributed by atoms with Gasteiger partial charge in [-0.15, -0.1) is 16.8 Å². The van der Waals surface area contributed by atoms with Gasteiger partial charge in [0.15, 0.2) is 11.0 Å². The number of anilines is 1. The first-order chi connectivity index (χ1) is 14.5. The Bertz CT molecular complexity index is 1050. The monoisotopic (exact) mass is 422 g/mol. The van der Waals surface area contributed by atoms with Crippen LogP contribution in [0.1, 0.15) is 22.5 Å². The molecule has 3 rings (SSSR count). The van der Waals surface area contributed by atoms with Gasteiger partial charge in [0.1, 0.15) is 12.4 Å². The van der Waals surface area contributed by atoms with Crippen molar-refractivity contribution >= 4 is 23.4 Å². The second kappa shape index (κ2) is 10.1. The number of hydrogen-bond acceptors (Lipinski definition) is 5. The average Bonchev–Trinajstić information content (AvgIpc) is 3.08. The first-order valence-electron chi connectivity index (χ1n) is 9.68. The third-order valence-corrected chi connectivity index (χ3v) is 5.39. The molecule has 1 heterocycles. The van der Waals surface area contributed by atoms with Crippen LogP contribution in [0, 0.1) is 20.8 Å². The van der Waals surface area contributed by atoms with Crippen LogP contribution in [0.3, 0.4) is 0 Å². The molecule has 0 atom stereocenters. The molecule has 1 aromatic heterocycles. The molecule has 0 fully saturated rings. The molecule has 0 aliphatic rings. The minimum absolute atomic E-state index is 0.0909. The van der Waals surface area contributed by atoms with Crippen LogP contribution in [-0.2, 0) is 17.9 Å². The summed E-state index contributed by atoms with van der Waals surface area (Å²) in [4.78, 5) is 12.3. The van der Waals surface area contributed by atoms with Crippen LogP contribution in [0.4, 0.5) is 5.69 Å². The van der Waals surface area contributed by atoms with Gasteiger partial charge in [0.25, 0.3) is 0 Å². The smallest absolute Gasteiger partial charge is 0.234 e.